The van der Waals surface area contributed by atoms with Crippen molar-refractivity contribution in [3.63, 3.8) is 0 Å². The molecule has 0 spiro atoms. The van der Waals surface area contributed by atoms with Gasteiger partial charge in [-0.25, -0.2) is 4.79 Å². The quantitative estimate of drug-likeness (QED) is 0.0409. The fourth-order valence-electron chi connectivity index (χ4n) is 6.43. The molecule has 1 unspecified atom stereocenters. The summed E-state index contributed by atoms with van der Waals surface area (Å²) in [6.07, 6.45) is 51.5. The van der Waals surface area contributed by atoms with Gasteiger partial charge in [0.25, 0.3) is 0 Å². The number of nitrogens with zero attached hydrogens (tertiary/aromatic N) is 1. The van der Waals surface area contributed by atoms with Gasteiger partial charge >= 0.3 is 6.16 Å². The van der Waals surface area contributed by atoms with Crippen LogP contribution in [0.15, 0.2) is 48.6 Å². The van der Waals surface area contributed by atoms with E-state index in [1.165, 1.54) is 141 Å². The maximum atomic E-state index is 11.6. The molecule has 1 N–H and O–H groups in total. The van der Waals surface area contributed by atoms with E-state index in [0.29, 0.717) is 5.92 Å². The zero-order valence-electron chi connectivity index (χ0n) is 32.5. The highest BCUT2D eigenvalue weighted by Gasteiger charge is 2.24. The minimum atomic E-state index is -1.11. The molecule has 0 aliphatic heterocycles. The van der Waals surface area contributed by atoms with Crippen molar-refractivity contribution in [3.05, 3.63) is 48.6 Å². The monoisotopic (exact) mass is 672 g/mol. The Hall–Kier alpha value is -1.81. The van der Waals surface area contributed by atoms with Crippen LogP contribution in [0.2, 0.25) is 0 Å². The summed E-state index contributed by atoms with van der Waals surface area (Å²) in [5.41, 5.74) is 0. The van der Waals surface area contributed by atoms with Crippen molar-refractivity contribution in [1.82, 2.24) is 4.90 Å². The first-order valence-electron chi connectivity index (χ1n) is 20.6. The molecule has 0 bridgehead atoms. The summed E-state index contributed by atoms with van der Waals surface area (Å²) in [5.74, 6) is 0.347. The summed E-state index contributed by atoms with van der Waals surface area (Å²) in [6, 6.07) is 0. The smallest absolute Gasteiger partial charge is 0.450 e. The molecule has 0 aliphatic carbocycles. The van der Waals surface area contributed by atoms with Gasteiger partial charge in [0.2, 0.25) is 0 Å². The third-order valence-corrected chi connectivity index (χ3v) is 9.42. The third kappa shape index (κ3) is 35.5. The minimum absolute atomic E-state index is 0.168. The van der Waals surface area contributed by atoms with Gasteiger partial charge in [0.05, 0.1) is 0 Å². The molecule has 0 saturated heterocycles. The highest BCUT2D eigenvalue weighted by Crippen LogP contribution is 2.27. The lowest BCUT2D eigenvalue weighted by Crippen LogP contribution is -2.28. The SMILES string of the molecule is CCCCCC=CCC=CCCCCCCCCC(CCCCCCCCC=CCC=CCCCCC)C(CCCN(C)C)OC(=O)O. The minimum Gasteiger partial charge on any atom is -0.450 e. The lowest BCUT2D eigenvalue weighted by molar-refractivity contribution is 0.0131. The Morgan fingerprint density at radius 2 is 0.896 bits per heavy atom. The molecule has 0 radical (unpaired) electrons. The number of hydrogen-bond acceptors (Lipinski definition) is 3. The normalized spacial score (nSPS) is 13.6. The average molecular weight is 672 g/mol. The van der Waals surface area contributed by atoms with Crippen LogP contribution in [-0.2, 0) is 4.74 Å². The van der Waals surface area contributed by atoms with Crippen molar-refractivity contribution >= 4 is 6.16 Å². The van der Waals surface area contributed by atoms with Gasteiger partial charge in [0, 0.05) is 0 Å². The molecule has 0 fully saturated rings. The van der Waals surface area contributed by atoms with E-state index < -0.39 is 6.16 Å². The van der Waals surface area contributed by atoms with Crippen LogP contribution in [-0.4, -0.2) is 42.9 Å². The fraction of sp³-hybridized carbons (Fsp3) is 0.795. The predicted octanol–water partition coefficient (Wildman–Crippen LogP) is 14.4. The topological polar surface area (TPSA) is 49.8 Å². The molecule has 0 aromatic heterocycles. The maximum Gasteiger partial charge on any atom is 0.506 e. The Balaban J connectivity index is 4.31. The number of carboxylic acid groups (broad SMARTS) is 1. The van der Waals surface area contributed by atoms with Crippen LogP contribution >= 0.6 is 0 Å². The van der Waals surface area contributed by atoms with Crippen LogP contribution in [0.1, 0.15) is 194 Å². The zero-order chi connectivity index (χ0) is 35.2. The Bertz CT molecular complexity index is 736. The van der Waals surface area contributed by atoms with Crippen LogP contribution in [0.25, 0.3) is 0 Å². The number of carbonyl (C=O) groups is 1. The van der Waals surface area contributed by atoms with Crippen LogP contribution in [0.3, 0.4) is 0 Å². The largest absolute Gasteiger partial charge is 0.506 e. The number of ether oxygens (including phenoxy) is 1. The molecule has 0 aliphatic rings. The molecule has 0 saturated carbocycles. The van der Waals surface area contributed by atoms with E-state index in [1.807, 2.05) is 0 Å². The molecule has 0 aromatic rings. The highest BCUT2D eigenvalue weighted by molar-refractivity contribution is 5.57. The van der Waals surface area contributed by atoms with Crippen LogP contribution in [0.5, 0.6) is 0 Å². The third-order valence-electron chi connectivity index (χ3n) is 9.42. The molecular weight excluding hydrogens is 590 g/mol. The van der Waals surface area contributed by atoms with Gasteiger partial charge in [-0.3, -0.25) is 0 Å². The Kier molecular flexibility index (Phi) is 36.6. The number of allylic oxidation sites excluding steroid dienone is 8. The van der Waals surface area contributed by atoms with Gasteiger partial charge in [-0.2, -0.15) is 0 Å². The maximum absolute atomic E-state index is 11.6. The number of unbranched alkanes of at least 4 members (excludes halogenated alkanes) is 18. The second-order valence-corrected chi connectivity index (χ2v) is 14.4. The Morgan fingerprint density at radius 1 is 0.521 bits per heavy atom. The van der Waals surface area contributed by atoms with Gasteiger partial charge in [0.1, 0.15) is 6.10 Å². The molecule has 48 heavy (non-hydrogen) atoms. The summed E-state index contributed by atoms with van der Waals surface area (Å²) >= 11 is 0. The van der Waals surface area contributed by atoms with Crippen LogP contribution in [0, 0.1) is 5.92 Å². The molecule has 0 amide bonds. The Morgan fingerprint density at radius 3 is 1.27 bits per heavy atom. The molecule has 0 rings (SSSR count). The average Bonchev–Trinajstić information content (AvgIpc) is 3.06. The summed E-state index contributed by atoms with van der Waals surface area (Å²) in [7, 11) is 4.16. The van der Waals surface area contributed by atoms with Gasteiger partial charge < -0.3 is 14.7 Å². The van der Waals surface area contributed by atoms with E-state index in [4.69, 9.17) is 4.74 Å². The molecule has 0 heterocycles. The molecule has 1 atom stereocenters. The molecule has 0 aromatic carbocycles. The highest BCUT2D eigenvalue weighted by atomic mass is 16.7. The van der Waals surface area contributed by atoms with Crippen molar-refractivity contribution < 1.29 is 14.6 Å². The second kappa shape index (κ2) is 38.0. The predicted molar refractivity (Wildman–Crippen MR) is 212 cm³/mol. The standard InChI is InChI=1S/C44H81NO3/c1-5-7-9-11-13-15-17-19-21-23-25-27-29-31-33-35-38-42(43(48-44(46)47)40-37-41-45(3)4)39-36-34-32-30-28-26-24-22-20-18-16-14-12-10-8-6-2/h13-16,19-22,42-43H,5-12,17-18,23-41H2,1-4H3,(H,46,47). The van der Waals surface area contributed by atoms with Crippen molar-refractivity contribution in [2.45, 2.75) is 200 Å². The van der Waals surface area contributed by atoms with Gasteiger partial charge in [-0.05, 0) is 116 Å². The van der Waals surface area contributed by atoms with E-state index in [1.54, 1.807) is 0 Å². The summed E-state index contributed by atoms with van der Waals surface area (Å²) < 4.78 is 5.53. The van der Waals surface area contributed by atoms with E-state index >= 15 is 0 Å². The lowest BCUT2D eigenvalue weighted by atomic mass is 9.87. The van der Waals surface area contributed by atoms with Crippen molar-refractivity contribution in [2.75, 3.05) is 20.6 Å². The first kappa shape index (κ1) is 46.2. The fourth-order valence-corrected chi connectivity index (χ4v) is 6.43. The summed E-state index contributed by atoms with van der Waals surface area (Å²) in [6.45, 7) is 5.49. The molecule has 4 heteroatoms. The second-order valence-electron chi connectivity index (χ2n) is 14.4. The number of hydrogen-bond donors (Lipinski definition) is 1. The molecular formula is C44H81NO3. The van der Waals surface area contributed by atoms with Gasteiger partial charge in [0.15, 0.2) is 0 Å². The first-order valence-corrected chi connectivity index (χ1v) is 20.6. The van der Waals surface area contributed by atoms with E-state index in [9.17, 15) is 9.90 Å². The Labute approximate surface area is 300 Å². The van der Waals surface area contributed by atoms with E-state index in [2.05, 4.69) is 81.5 Å². The van der Waals surface area contributed by atoms with Crippen LogP contribution < -0.4 is 0 Å². The first-order chi connectivity index (χ1) is 23.5. The summed E-state index contributed by atoms with van der Waals surface area (Å²) in [5, 5.41) is 9.52. The summed E-state index contributed by atoms with van der Waals surface area (Å²) in [4.78, 5) is 13.8. The van der Waals surface area contributed by atoms with E-state index in [0.717, 1.165) is 45.1 Å². The van der Waals surface area contributed by atoms with Crippen LogP contribution in [0.4, 0.5) is 4.79 Å². The van der Waals surface area contributed by atoms with Crippen molar-refractivity contribution in [1.29, 1.82) is 0 Å². The zero-order valence-corrected chi connectivity index (χ0v) is 32.5. The van der Waals surface area contributed by atoms with E-state index in [-0.39, 0.29) is 6.10 Å². The molecule has 4 nitrogen and oxygen atoms in total. The lowest BCUT2D eigenvalue weighted by Gasteiger charge is -2.27. The number of rotatable bonds is 36. The van der Waals surface area contributed by atoms with Gasteiger partial charge in [-0.1, -0.05) is 152 Å². The van der Waals surface area contributed by atoms with Crippen molar-refractivity contribution in [3.8, 4) is 0 Å². The van der Waals surface area contributed by atoms with Crippen molar-refractivity contribution in [2.24, 2.45) is 5.92 Å². The molecule has 280 valence electrons. The van der Waals surface area contributed by atoms with Gasteiger partial charge in [-0.15, -0.1) is 0 Å².